The molecule has 0 radical (unpaired) electrons. The van der Waals surface area contributed by atoms with Crippen molar-refractivity contribution in [3.05, 3.63) is 29.1 Å². The van der Waals surface area contributed by atoms with Crippen molar-refractivity contribution < 1.29 is 4.79 Å². The highest BCUT2D eigenvalue weighted by molar-refractivity contribution is 5.75. The Balaban J connectivity index is 1.96. The third-order valence-electron chi connectivity index (χ3n) is 2.57. The van der Waals surface area contributed by atoms with E-state index in [9.17, 15) is 4.79 Å². The second kappa shape index (κ2) is 4.99. The highest BCUT2D eigenvalue weighted by atomic mass is 16.1. The number of carbonyl (C=O) groups excluding carboxylic acids is 1. The second-order valence-corrected chi connectivity index (χ2v) is 4.24. The Morgan fingerprint density at radius 3 is 2.89 bits per heavy atom. The molecule has 0 atom stereocenters. The topological polar surface area (TPSA) is 102 Å². The van der Waals surface area contributed by atoms with Gasteiger partial charge in [0, 0.05) is 18.7 Å². The minimum atomic E-state index is -0.420. The number of hydrogen-bond donors (Lipinski definition) is 2. The Hall–Kier alpha value is -2.18. The van der Waals surface area contributed by atoms with E-state index in [-0.39, 0.29) is 6.42 Å². The van der Waals surface area contributed by atoms with Gasteiger partial charge in [-0.15, -0.1) is 0 Å². The van der Waals surface area contributed by atoms with Gasteiger partial charge in [0.05, 0.1) is 12.1 Å². The number of hydrogen-bond acceptors (Lipinski definition) is 4. The zero-order valence-corrected chi connectivity index (χ0v) is 10.5. The predicted octanol–water partition coefficient (Wildman–Crippen LogP) is -0.111. The molecule has 0 bridgehead atoms. The van der Waals surface area contributed by atoms with Crippen LogP contribution in [-0.4, -0.2) is 30.9 Å². The quantitative estimate of drug-likeness (QED) is 0.770. The minimum absolute atomic E-state index is 0.0902. The molecule has 2 rings (SSSR count). The molecule has 2 aromatic heterocycles. The van der Waals surface area contributed by atoms with Crippen LogP contribution in [0, 0.1) is 13.8 Å². The van der Waals surface area contributed by atoms with E-state index >= 15 is 0 Å². The lowest BCUT2D eigenvalue weighted by Crippen LogP contribution is -2.14. The van der Waals surface area contributed by atoms with Crippen molar-refractivity contribution in [3.8, 4) is 0 Å². The van der Waals surface area contributed by atoms with Gasteiger partial charge in [-0.3, -0.25) is 14.6 Å². The summed E-state index contributed by atoms with van der Waals surface area (Å²) in [5.41, 5.74) is 7.19. The molecular weight excluding hydrogens is 232 g/mol. The Morgan fingerprint density at radius 1 is 1.50 bits per heavy atom. The summed E-state index contributed by atoms with van der Waals surface area (Å²) >= 11 is 0. The average molecular weight is 248 g/mol. The van der Waals surface area contributed by atoms with E-state index in [0.29, 0.717) is 24.6 Å². The fourth-order valence-corrected chi connectivity index (χ4v) is 1.80. The predicted molar refractivity (Wildman–Crippen MR) is 64.7 cm³/mol. The van der Waals surface area contributed by atoms with Crippen molar-refractivity contribution in [2.45, 2.75) is 33.2 Å². The normalized spacial score (nSPS) is 10.8. The van der Waals surface area contributed by atoms with Crippen LogP contribution in [0.1, 0.15) is 23.0 Å². The summed E-state index contributed by atoms with van der Waals surface area (Å²) in [6, 6.07) is 2.02. The molecule has 0 saturated heterocycles. The van der Waals surface area contributed by atoms with Crippen molar-refractivity contribution in [1.82, 2.24) is 25.0 Å². The lowest BCUT2D eigenvalue weighted by Gasteiger charge is -2.01. The highest BCUT2D eigenvalue weighted by Gasteiger charge is 2.07. The third kappa shape index (κ3) is 2.93. The van der Waals surface area contributed by atoms with Gasteiger partial charge in [0.25, 0.3) is 0 Å². The first kappa shape index (κ1) is 12.3. The molecule has 1 amide bonds. The summed E-state index contributed by atoms with van der Waals surface area (Å²) in [7, 11) is 0. The van der Waals surface area contributed by atoms with Gasteiger partial charge >= 0.3 is 0 Å². The van der Waals surface area contributed by atoms with Gasteiger partial charge in [-0.25, -0.2) is 4.98 Å². The highest BCUT2D eigenvalue weighted by Crippen LogP contribution is 2.03. The van der Waals surface area contributed by atoms with Crippen LogP contribution < -0.4 is 5.73 Å². The van der Waals surface area contributed by atoms with Crippen LogP contribution in [0.2, 0.25) is 0 Å². The van der Waals surface area contributed by atoms with Gasteiger partial charge in [-0.2, -0.15) is 10.2 Å². The summed E-state index contributed by atoms with van der Waals surface area (Å²) < 4.78 is 1.92. The molecule has 0 aliphatic heterocycles. The summed E-state index contributed by atoms with van der Waals surface area (Å²) in [5.74, 6) is 0.751. The molecule has 2 heterocycles. The Labute approximate surface area is 104 Å². The van der Waals surface area contributed by atoms with E-state index in [1.165, 1.54) is 0 Å². The lowest BCUT2D eigenvalue weighted by atomic mass is 10.3. The Morgan fingerprint density at radius 2 is 2.28 bits per heavy atom. The van der Waals surface area contributed by atoms with Crippen LogP contribution in [0.15, 0.2) is 6.07 Å². The molecule has 0 fully saturated rings. The fraction of sp³-hybridized carbons (Fsp3) is 0.455. The number of H-pyrrole nitrogens is 1. The van der Waals surface area contributed by atoms with Gasteiger partial charge < -0.3 is 5.73 Å². The lowest BCUT2D eigenvalue weighted by molar-refractivity contribution is -0.117. The summed E-state index contributed by atoms with van der Waals surface area (Å²) in [6.07, 6.45) is 0.754. The Bertz CT molecular complexity index is 556. The van der Waals surface area contributed by atoms with Crippen LogP contribution in [0.25, 0.3) is 0 Å². The summed E-state index contributed by atoms with van der Waals surface area (Å²) in [5, 5.41) is 11.1. The number of aryl methyl sites for hydroxylation is 4. The van der Waals surface area contributed by atoms with E-state index < -0.39 is 5.91 Å². The maximum absolute atomic E-state index is 10.7. The van der Waals surface area contributed by atoms with Gasteiger partial charge in [0.15, 0.2) is 5.82 Å². The van der Waals surface area contributed by atoms with Crippen LogP contribution in [0.5, 0.6) is 0 Å². The summed E-state index contributed by atoms with van der Waals surface area (Å²) in [4.78, 5) is 14.9. The van der Waals surface area contributed by atoms with E-state index in [2.05, 4.69) is 20.3 Å². The summed E-state index contributed by atoms with van der Waals surface area (Å²) in [6.45, 7) is 4.69. The number of aromatic nitrogens is 5. The maximum atomic E-state index is 10.7. The van der Waals surface area contributed by atoms with Crippen LogP contribution in [-0.2, 0) is 24.2 Å². The molecule has 96 valence electrons. The molecule has 2 aromatic rings. The number of carbonyl (C=O) groups is 1. The van der Waals surface area contributed by atoms with Gasteiger partial charge in [0.1, 0.15) is 5.82 Å². The fourth-order valence-electron chi connectivity index (χ4n) is 1.80. The van der Waals surface area contributed by atoms with Crippen LogP contribution >= 0.6 is 0 Å². The zero-order chi connectivity index (χ0) is 13.1. The monoisotopic (exact) mass is 248 g/mol. The van der Waals surface area contributed by atoms with E-state index in [1.807, 2.05) is 24.6 Å². The first-order valence-corrected chi connectivity index (χ1v) is 5.74. The van der Waals surface area contributed by atoms with E-state index in [1.54, 1.807) is 0 Å². The third-order valence-corrected chi connectivity index (χ3v) is 2.57. The number of primary amides is 1. The maximum Gasteiger partial charge on any atom is 0.225 e. The minimum Gasteiger partial charge on any atom is -0.369 e. The van der Waals surface area contributed by atoms with Crippen LogP contribution in [0.3, 0.4) is 0 Å². The zero-order valence-electron chi connectivity index (χ0n) is 10.5. The number of nitrogens with one attached hydrogen (secondary N) is 1. The molecule has 3 N–H and O–H groups in total. The van der Waals surface area contributed by atoms with Gasteiger partial charge in [-0.05, 0) is 19.9 Å². The number of nitrogens with zero attached hydrogens (tertiary/aromatic N) is 4. The van der Waals surface area contributed by atoms with Gasteiger partial charge in [0.2, 0.25) is 5.91 Å². The Kier molecular flexibility index (Phi) is 3.40. The molecule has 18 heavy (non-hydrogen) atoms. The van der Waals surface area contributed by atoms with Crippen LogP contribution in [0.4, 0.5) is 0 Å². The number of aromatic amines is 1. The van der Waals surface area contributed by atoms with Gasteiger partial charge in [-0.1, -0.05) is 0 Å². The number of rotatable bonds is 5. The molecule has 0 aliphatic carbocycles. The second-order valence-electron chi connectivity index (χ2n) is 4.24. The number of amides is 1. The van der Waals surface area contributed by atoms with Crippen molar-refractivity contribution >= 4 is 5.91 Å². The average Bonchev–Trinajstić information content (AvgIpc) is 2.82. The van der Waals surface area contributed by atoms with Crippen molar-refractivity contribution in [2.75, 3.05) is 0 Å². The SMILES string of the molecule is Cc1cc(C)n(CCc2n[nH]c(CC(N)=O)n2)n1. The van der Waals surface area contributed by atoms with E-state index in [4.69, 9.17) is 5.73 Å². The molecule has 7 nitrogen and oxygen atoms in total. The largest absolute Gasteiger partial charge is 0.369 e. The molecular formula is C11H16N6O. The standard InChI is InChI=1S/C11H16N6O/c1-7-5-8(2)17(16-7)4-3-10-13-11(15-14-10)6-9(12)18/h5H,3-4,6H2,1-2H3,(H2,12,18)(H,13,14,15). The molecule has 0 aromatic carbocycles. The smallest absolute Gasteiger partial charge is 0.225 e. The first-order chi connectivity index (χ1) is 8.54. The van der Waals surface area contributed by atoms with Crippen molar-refractivity contribution in [3.63, 3.8) is 0 Å². The van der Waals surface area contributed by atoms with E-state index in [0.717, 1.165) is 11.4 Å². The molecule has 7 heteroatoms. The number of nitrogens with two attached hydrogens (primary N) is 1. The molecule has 0 saturated carbocycles. The first-order valence-electron chi connectivity index (χ1n) is 5.74. The molecule has 0 unspecified atom stereocenters. The van der Waals surface area contributed by atoms with Crippen molar-refractivity contribution in [1.29, 1.82) is 0 Å². The molecule has 0 spiro atoms. The molecule has 0 aliphatic rings. The van der Waals surface area contributed by atoms with Crippen molar-refractivity contribution in [2.24, 2.45) is 5.73 Å².